The SMILES string of the molecule is C=CCO[C@@H]1C[C@H](BC#CCNC(=O)COCCOC(COc2cccc(C(=O)NCCN)c2)SSC)OC1COC(C)C#CC. The second-order valence-corrected chi connectivity index (χ2v) is 12.5. The number of carbonyl (C=O) groups is 2. The summed E-state index contributed by atoms with van der Waals surface area (Å²) in [6.07, 6.45) is 3.88. The van der Waals surface area contributed by atoms with Gasteiger partial charge in [0.25, 0.3) is 5.91 Å². The van der Waals surface area contributed by atoms with E-state index in [-0.39, 0.29) is 74.5 Å². The Kier molecular flexibility index (Phi) is 21.1. The summed E-state index contributed by atoms with van der Waals surface area (Å²) in [7, 11) is 3.58. The topological polar surface area (TPSA) is 140 Å². The third kappa shape index (κ3) is 16.8. The monoisotopic (exact) mass is 675 g/mol. The summed E-state index contributed by atoms with van der Waals surface area (Å²) in [6, 6.07) is 6.84. The molecule has 3 unspecified atom stereocenters. The van der Waals surface area contributed by atoms with Crippen LogP contribution in [0.1, 0.15) is 30.6 Å². The zero-order chi connectivity index (χ0) is 33.4. The lowest BCUT2D eigenvalue weighted by Gasteiger charge is -2.19. The highest BCUT2D eigenvalue weighted by Crippen LogP contribution is 2.26. The molecule has 1 aromatic rings. The summed E-state index contributed by atoms with van der Waals surface area (Å²) in [5.74, 6) is 11.9. The predicted molar refractivity (Wildman–Crippen MR) is 185 cm³/mol. The Morgan fingerprint density at radius 2 is 2.13 bits per heavy atom. The molecule has 0 bridgehead atoms. The van der Waals surface area contributed by atoms with Crippen molar-refractivity contribution in [3.05, 3.63) is 42.5 Å². The van der Waals surface area contributed by atoms with E-state index < -0.39 is 0 Å². The molecule has 252 valence electrons. The van der Waals surface area contributed by atoms with Gasteiger partial charge < -0.3 is 44.8 Å². The van der Waals surface area contributed by atoms with E-state index in [0.29, 0.717) is 51.3 Å². The summed E-state index contributed by atoms with van der Waals surface area (Å²) < 4.78 is 34.9. The number of hydrogen-bond donors (Lipinski definition) is 3. The zero-order valence-electron chi connectivity index (χ0n) is 26.9. The van der Waals surface area contributed by atoms with Crippen LogP contribution in [0.2, 0.25) is 0 Å². The van der Waals surface area contributed by atoms with Crippen molar-refractivity contribution in [2.75, 3.05) is 65.5 Å². The lowest BCUT2D eigenvalue weighted by Crippen LogP contribution is -2.30. The Bertz CT molecular complexity index is 1190. The van der Waals surface area contributed by atoms with E-state index in [1.165, 1.54) is 10.8 Å². The standard InChI is InChI=1S/C32H46BN3O8S2/c1-5-9-24(3)42-21-28-27(40-16-6-2)20-29(44-28)33-12-8-14-35-30(37)22-39-17-18-41-31(46-45-4)23-43-26-11-7-10-25(19-26)32(38)36-15-13-34/h6-7,10-11,19,24,27-29,31,33H,2,13-18,20-23,34H2,1,3-4H3,(H,35,37)(H,36,38)/t24?,27-,28?,29-,31?/m1/s1. The van der Waals surface area contributed by atoms with Crippen molar-refractivity contribution in [2.45, 2.75) is 50.0 Å². The Morgan fingerprint density at radius 1 is 1.28 bits per heavy atom. The largest absolute Gasteiger partial charge is 0.490 e. The highest BCUT2D eigenvalue weighted by molar-refractivity contribution is 8.76. The van der Waals surface area contributed by atoms with E-state index >= 15 is 0 Å². The van der Waals surface area contributed by atoms with Gasteiger partial charge in [-0.2, -0.15) is 5.82 Å². The molecule has 1 aliphatic rings. The Labute approximate surface area is 281 Å². The quantitative estimate of drug-likeness (QED) is 0.0414. The molecule has 0 aliphatic carbocycles. The number of nitrogens with two attached hydrogens (primary N) is 1. The van der Waals surface area contributed by atoms with Gasteiger partial charge in [0.15, 0.2) is 0 Å². The lowest BCUT2D eigenvalue weighted by molar-refractivity contribution is -0.126. The van der Waals surface area contributed by atoms with Crippen LogP contribution in [-0.2, 0) is 28.5 Å². The molecule has 0 aromatic heterocycles. The van der Waals surface area contributed by atoms with Crippen LogP contribution in [0, 0.1) is 23.6 Å². The summed E-state index contributed by atoms with van der Waals surface area (Å²) in [5, 5.41) is 5.47. The minimum atomic E-state index is -0.271. The fraction of sp³-hybridized carbons (Fsp3) is 0.562. The van der Waals surface area contributed by atoms with Crippen LogP contribution in [0.5, 0.6) is 5.75 Å². The van der Waals surface area contributed by atoms with Crippen LogP contribution < -0.4 is 21.1 Å². The molecule has 1 saturated heterocycles. The molecule has 1 aromatic carbocycles. The second-order valence-electron chi connectivity index (χ2n) is 9.90. The third-order valence-corrected chi connectivity index (χ3v) is 8.17. The van der Waals surface area contributed by atoms with Gasteiger partial charge in [-0.25, -0.2) is 0 Å². The van der Waals surface area contributed by atoms with E-state index in [2.05, 4.69) is 40.8 Å². The van der Waals surface area contributed by atoms with Gasteiger partial charge in [0.05, 0.1) is 39.1 Å². The van der Waals surface area contributed by atoms with Gasteiger partial charge in [0, 0.05) is 24.7 Å². The van der Waals surface area contributed by atoms with Gasteiger partial charge >= 0.3 is 0 Å². The van der Waals surface area contributed by atoms with E-state index in [4.69, 9.17) is 34.2 Å². The highest BCUT2D eigenvalue weighted by atomic mass is 33.1. The first-order chi connectivity index (χ1) is 22.4. The lowest BCUT2D eigenvalue weighted by atomic mass is 9.71. The maximum atomic E-state index is 12.2. The van der Waals surface area contributed by atoms with Crippen molar-refractivity contribution in [3.8, 4) is 29.3 Å². The third-order valence-electron chi connectivity index (χ3n) is 6.27. The highest BCUT2D eigenvalue weighted by Gasteiger charge is 2.36. The maximum Gasteiger partial charge on any atom is 0.251 e. The molecule has 1 heterocycles. The predicted octanol–water partition coefficient (Wildman–Crippen LogP) is 1.75. The summed E-state index contributed by atoms with van der Waals surface area (Å²) in [4.78, 5) is 24.3. The van der Waals surface area contributed by atoms with E-state index in [9.17, 15) is 9.59 Å². The molecule has 46 heavy (non-hydrogen) atoms. The van der Waals surface area contributed by atoms with Gasteiger partial charge in [-0.3, -0.25) is 9.59 Å². The Balaban J connectivity index is 1.63. The number of carbonyl (C=O) groups excluding carboxylic acids is 2. The molecule has 4 N–H and O–H groups in total. The molecule has 11 nitrogen and oxygen atoms in total. The maximum absolute atomic E-state index is 12.2. The Morgan fingerprint density at radius 3 is 2.89 bits per heavy atom. The Hall–Kier alpha value is -2.66. The number of nitrogens with one attached hydrogen (secondary N) is 2. The first-order valence-corrected chi connectivity index (χ1v) is 17.8. The molecule has 0 saturated carbocycles. The van der Waals surface area contributed by atoms with Gasteiger partial charge in [-0.15, -0.1) is 12.5 Å². The van der Waals surface area contributed by atoms with Crippen molar-refractivity contribution in [3.63, 3.8) is 0 Å². The average molecular weight is 676 g/mol. The van der Waals surface area contributed by atoms with Gasteiger partial charge in [0.1, 0.15) is 36.6 Å². The van der Waals surface area contributed by atoms with Crippen LogP contribution >= 0.6 is 21.6 Å². The first kappa shape index (κ1) is 39.5. The van der Waals surface area contributed by atoms with Gasteiger partial charge in [-0.1, -0.05) is 45.6 Å². The smallest absolute Gasteiger partial charge is 0.251 e. The van der Waals surface area contributed by atoms with E-state index in [1.807, 2.05) is 13.2 Å². The van der Waals surface area contributed by atoms with Gasteiger partial charge in [0.2, 0.25) is 13.2 Å². The number of ether oxygens (including phenoxy) is 6. The number of rotatable bonds is 22. The molecular formula is C32H46BN3O8S2. The summed E-state index contributed by atoms with van der Waals surface area (Å²) >= 11 is 0. The average Bonchev–Trinajstić information content (AvgIpc) is 3.45. The minimum absolute atomic E-state index is 0.0841. The second kappa shape index (κ2) is 24.5. The van der Waals surface area contributed by atoms with E-state index in [1.54, 1.807) is 48.1 Å². The fourth-order valence-corrected chi connectivity index (χ4v) is 5.63. The summed E-state index contributed by atoms with van der Waals surface area (Å²) in [6.45, 7) is 9.90. The van der Waals surface area contributed by atoms with Crippen molar-refractivity contribution in [2.24, 2.45) is 5.73 Å². The molecule has 2 rings (SSSR count). The molecule has 0 radical (unpaired) electrons. The van der Waals surface area contributed by atoms with Crippen molar-refractivity contribution < 1.29 is 38.0 Å². The van der Waals surface area contributed by atoms with Crippen LogP contribution in [-0.4, -0.2) is 114 Å². The molecular weight excluding hydrogens is 629 g/mol. The van der Waals surface area contributed by atoms with Crippen molar-refractivity contribution in [1.29, 1.82) is 0 Å². The molecule has 1 aliphatic heterocycles. The molecule has 0 spiro atoms. The first-order valence-electron chi connectivity index (χ1n) is 15.1. The van der Waals surface area contributed by atoms with Crippen molar-refractivity contribution >= 4 is 40.7 Å². The van der Waals surface area contributed by atoms with Crippen molar-refractivity contribution in [1.82, 2.24) is 10.6 Å². The van der Waals surface area contributed by atoms with Crippen LogP contribution in [0.25, 0.3) is 0 Å². The number of hydrogen-bond acceptors (Lipinski definition) is 11. The minimum Gasteiger partial charge on any atom is -0.490 e. The van der Waals surface area contributed by atoms with Crippen LogP contribution in [0.15, 0.2) is 36.9 Å². The summed E-state index contributed by atoms with van der Waals surface area (Å²) in [5.41, 5.74) is 5.67. The van der Waals surface area contributed by atoms with E-state index in [0.717, 1.165) is 0 Å². The fourth-order valence-electron chi connectivity index (χ4n) is 4.17. The van der Waals surface area contributed by atoms with Crippen LogP contribution in [0.4, 0.5) is 0 Å². The molecule has 14 heteroatoms. The molecule has 2 amide bonds. The van der Waals surface area contributed by atoms with Crippen LogP contribution in [0.3, 0.4) is 0 Å². The number of benzene rings is 1. The zero-order valence-corrected chi connectivity index (χ0v) is 28.6. The molecule has 5 atom stereocenters. The number of amides is 2. The molecule has 1 fully saturated rings. The van der Waals surface area contributed by atoms with Gasteiger partial charge in [-0.05, 0) is 44.7 Å². The normalized spacial score (nSPS) is 18.2.